The number of hydrogen-bond donors (Lipinski definition) is 0. The summed E-state index contributed by atoms with van der Waals surface area (Å²) in [6.45, 7) is 1.94. The monoisotopic (exact) mass is 265 g/mol. The number of benzene rings is 1. The fourth-order valence-electron chi connectivity index (χ4n) is 1.59. The highest BCUT2D eigenvalue weighted by molar-refractivity contribution is 5.88. The van der Waals surface area contributed by atoms with Gasteiger partial charge in [-0.2, -0.15) is 0 Å². The molecule has 1 aliphatic heterocycles. The summed E-state index contributed by atoms with van der Waals surface area (Å²) in [4.78, 5) is 21.6. The van der Waals surface area contributed by atoms with Crippen LogP contribution in [0.2, 0.25) is 0 Å². The van der Waals surface area contributed by atoms with Gasteiger partial charge in [-0.3, -0.25) is 10.1 Å². The van der Waals surface area contributed by atoms with Crippen LogP contribution < -0.4 is 9.47 Å². The van der Waals surface area contributed by atoms with Gasteiger partial charge in [-0.05, 0) is 19.1 Å². The summed E-state index contributed by atoms with van der Waals surface area (Å²) in [5.74, 6) is 0.170. The number of fused-ring (bicyclic) bond motifs is 1. The Morgan fingerprint density at radius 1 is 1.47 bits per heavy atom. The Bertz CT molecular complexity index is 551. The fourth-order valence-corrected chi connectivity index (χ4v) is 1.59. The zero-order valence-corrected chi connectivity index (χ0v) is 10.1. The van der Waals surface area contributed by atoms with Crippen LogP contribution in [0, 0.1) is 10.1 Å². The van der Waals surface area contributed by atoms with Gasteiger partial charge in [0.05, 0.1) is 23.2 Å². The van der Waals surface area contributed by atoms with E-state index in [-0.39, 0.29) is 24.7 Å². The van der Waals surface area contributed by atoms with Gasteiger partial charge in [0.25, 0.3) is 5.69 Å². The van der Waals surface area contributed by atoms with Gasteiger partial charge in [0, 0.05) is 6.08 Å². The van der Waals surface area contributed by atoms with Crippen LogP contribution in [0.15, 0.2) is 18.2 Å². The van der Waals surface area contributed by atoms with E-state index in [9.17, 15) is 14.9 Å². The van der Waals surface area contributed by atoms with E-state index >= 15 is 0 Å². The van der Waals surface area contributed by atoms with Crippen molar-refractivity contribution >= 4 is 17.7 Å². The van der Waals surface area contributed by atoms with Gasteiger partial charge in [-0.15, -0.1) is 0 Å². The molecule has 7 nitrogen and oxygen atoms in total. The molecular weight excluding hydrogens is 254 g/mol. The maximum atomic E-state index is 11.2. The molecule has 0 aliphatic carbocycles. The Morgan fingerprint density at radius 3 is 2.79 bits per heavy atom. The van der Waals surface area contributed by atoms with Gasteiger partial charge in [0.15, 0.2) is 11.5 Å². The third-order valence-electron chi connectivity index (χ3n) is 2.40. The number of hydrogen-bond acceptors (Lipinski definition) is 6. The number of nitrogens with zero attached hydrogens (tertiary/aromatic N) is 1. The summed E-state index contributed by atoms with van der Waals surface area (Å²) in [5.41, 5.74) is 0.0899. The highest BCUT2D eigenvalue weighted by Crippen LogP contribution is 2.38. The first-order valence-corrected chi connectivity index (χ1v) is 5.54. The third-order valence-corrected chi connectivity index (χ3v) is 2.40. The molecule has 1 aliphatic rings. The first kappa shape index (κ1) is 12.9. The number of esters is 1. The molecule has 7 heteroatoms. The SMILES string of the molecule is CCOC(=O)/C=C/c1cc2c(cc1[N+](=O)[O-])OCO2. The van der Waals surface area contributed by atoms with E-state index in [0.29, 0.717) is 11.5 Å². The lowest BCUT2D eigenvalue weighted by Crippen LogP contribution is -1.99. The number of rotatable bonds is 4. The van der Waals surface area contributed by atoms with Crippen molar-refractivity contribution in [2.24, 2.45) is 0 Å². The average molecular weight is 265 g/mol. The van der Waals surface area contributed by atoms with Gasteiger partial charge in [0.1, 0.15) is 0 Å². The molecule has 0 N–H and O–H groups in total. The van der Waals surface area contributed by atoms with E-state index in [1.165, 1.54) is 18.2 Å². The number of ether oxygens (including phenoxy) is 3. The summed E-state index contributed by atoms with van der Waals surface area (Å²) < 4.78 is 14.9. The van der Waals surface area contributed by atoms with E-state index in [1.54, 1.807) is 6.92 Å². The molecule has 0 unspecified atom stereocenters. The summed E-state index contributed by atoms with van der Waals surface area (Å²) in [5, 5.41) is 11.0. The Kier molecular flexibility index (Phi) is 3.65. The smallest absolute Gasteiger partial charge is 0.330 e. The van der Waals surface area contributed by atoms with Crippen LogP contribution in [-0.2, 0) is 9.53 Å². The second kappa shape index (κ2) is 5.38. The molecule has 0 amide bonds. The van der Waals surface area contributed by atoms with Crippen molar-refractivity contribution in [3.05, 3.63) is 33.9 Å². The van der Waals surface area contributed by atoms with Gasteiger partial charge >= 0.3 is 5.97 Å². The summed E-state index contributed by atoms with van der Waals surface area (Å²) in [6.07, 6.45) is 2.45. The quantitative estimate of drug-likeness (QED) is 0.357. The predicted octanol–water partition coefficient (Wildman–Crippen LogP) is 1.90. The molecule has 0 saturated heterocycles. The number of nitro groups is 1. The summed E-state index contributed by atoms with van der Waals surface area (Å²) >= 11 is 0. The number of nitro benzene ring substituents is 1. The maximum Gasteiger partial charge on any atom is 0.330 e. The van der Waals surface area contributed by atoms with Crippen LogP contribution in [0.4, 0.5) is 5.69 Å². The standard InChI is InChI=1S/C12H11NO6/c1-2-17-12(14)4-3-8-5-10-11(19-7-18-10)6-9(8)13(15)16/h3-6H,2,7H2,1H3/b4-3+. The minimum Gasteiger partial charge on any atom is -0.463 e. The lowest BCUT2D eigenvalue weighted by Gasteiger charge is -2.01. The zero-order chi connectivity index (χ0) is 13.8. The molecule has 2 rings (SSSR count). The Morgan fingerprint density at radius 2 is 2.16 bits per heavy atom. The van der Waals surface area contributed by atoms with E-state index < -0.39 is 10.9 Å². The molecule has 1 heterocycles. The molecule has 1 aromatic carbocycles. The van der Waals surface area contributed by atoms with Gasteiger partial charge in [-0.1, -0.05) is 0 Å². The van der Waals surface area contributed by atoms with Crippen molar-refractivity contribution in [3.8, 4) is 11.5 Å². The van der Waals surface area contributed by atoms with Gasteiger partial charge in [0.2, 0.25) is 6.79 Å². The fraction of sp³-hybridized carbons (Fsp3) is 0.250. The van der Waals surface area contributed by atoms with E-state index in [0.717, 1.165) is 6.08 Å². The van der Waals surface area contributed by atoms with Crippen molar-refractivity contribution in [3.63, 3.8) is 0 Å². The van der Waals surface area contributed by atoms with Crippen LogP contribution in [0.1, 0.15) is 12.5 Å². The minimum atomic E-state index is -0.561. The molecule has 0 radical (unpaired) electrons. The molecule has 0 atom stereocenters. The van der Waals surface area contributed by atoms with E-state index in [4.69, 9.17) is 14.2 Å². The topological polar surface area (TPSA) is 87.9 Å². The molecule has 1 aromatic rings. The minimum absolute atomic E-state index is 0.0253. The van der Waals surface area contributed by atoms with Crippen molar-refractivity contribution < 1.29 is 23.9 Å². The normalized spacial score (nSPS) is 12.7. The highest BCUT2D eigenvalue weighted by atomic mass is 16.7. The van der Waals surface area contributed by atoms with Gasteiger partial charge in [-0.25, -0.2) is 4.79 Å². The first-order chi connectivity index (χ1) is 9.11. The lowest BCUT2D eigenvalue weighted by atomic mass is 10.1. The molecule has 100 valence electrons. The molecule has 0 spiro atoms. The molecule has 19 heavy (non-hydrogen) atoms. The van der Waals surface area contributed by atoms with E-state index in [1.807, 2.05) is 0 Å². The van der Waals surface area contributed by atoms with Crippen LogP contribution >= 0.6 is 0 Å². The molecule has 0 fully saturated rings. The molecule has 0 saturated carbocycles. The van der Waals surface area contributed by atoms with Crippen molar-refractivity contribution in [1.82, 2.24) is 0 Å². The van der Waals surface area contributed by atoms with Crippen molar-refractivity contribution in [2.45, 2.75) is 6.92 Å². The number of carbonyl (C=O) groups is 1. The number of carbonyl (C=O) groups excluding carboxylic acids is 1. The van der Waals surface area contributed by atoms with E-state index in [2.05, 4.69) is 0 Å². The second-order valence-corrected chi connectivity index (χ2v) is 3.61. The third kappa shape index (κ3) is 2.82. The van der Waals surface area contributed by atoms with Gasteiger partial charge < -0.3 is 14.2 Å². The highest BCUT2D eigenvalue weighted by Gasteiger charge is 2.22. The first-order valence-electron chi connectivity index (χ1n) is 5.54. The van der Waals surface area contributed by atoms with Crippen LogP contribution in [0.3, 0.4) is 0 Å². The Hall–Kier alpha value is -2.57. The van der Waals surface area contributed by atoms with Crippen LogP contribution in [-0.4, -0.2) is 24.3 Å². The largest absolute Gasteiger partial charge is 0.463 e. The lowest BCUT2D eigenvalue weighted by molar-refractivity contribution is -0.385. The molecular formula is C12H11NO6. The Balaban J connectivity index is 2.33. The summed E-state index contributed by atoms with van der Waals surface area (Å²) in [6, 6.07) is 2.73. The van der Waals surface area contributed by atoms with Crippen LogP contribution in [0.5, 0.6) is 11.5 Å². The average Bonchev–Trinajstić information content (AvgIpc) is 2.82. The maximum absolute atomic E-state index is 11.2. The van der Waals surface area contributed by atoms with Crippen molar-refractivity contribution in [1.29, 1.82) is 0 Å². The molecule has 0 bridgehead atoms. The summed E-state index contributed by atoms with van der Waals surface area (Å²) in [7, 11) is 0. The molecule has 0 aromatic heterocycles. The predicted molar refractivity (Wildman–Crippen MR) is 64.9 cm³/mol. The second-order valence-electron chi connectivity index (χ2n) is 3.61. The Labute approximate surface area is 108 Å². The van der Waals surface area contributed by atoms with Crippen LogP contribution in [0.25, 0.3) is 6.08 Å². The van der Waals surface area contributed by atoms with Crippen molar-refractivity contribution in [2.75, 3.05) is 13.4 Å². The zero-order valence-electron chi connectivity index (χ0n) is 10.1.